The van der Waals surface area contributed by atoms with Gasteiger partial charge in [0.2, 0.25) is 5.41 Å². The van der Waals surface area contributed by atoms with Crippen molar-refractivity contribution in [3.8, 4) is 0 Å². The number of benzene rings is 1. The monoisotopic (exact) mass is 340 g/mol. The third kappa shape index (κ3) is 2.43. The Morgan fingerprint density at radius 3 is 2.44 bits per heavy atom. The van der Waals surface area contributed by atoms with Gasteiger partial charge < -0.3 is 10.2 Å². The molecule has 0 radical (unpaired) electrons. The largest absolute Gasteiger partial charge is 0.480 e. The van der Waals surface area contributed by atoms with Crippen molar-refractivity contribution >= 4 is 18.0 Å². The van der Waals surface area contributed by atoms with Gasteiger partial charge in [-0.3, -0.25) is 9.59 Å². The molecule has 0 aliphatic heterocycles. The molecule has 1 aromatic carbocycles. The third-order valence-corrected chi connectivity index (χ3v) is 5.74. The average Bonchev–Trinajstić information content (AvgIpc) is 2.96. The molecular formula is C21H24O4. The molecule has 1 unspecified atom stereocenters. The van der Waals surface area contributed by atoms with Crippen molar-refractivity contribution in [2.45, 2.75) is 51.4 Å². The first-order chi connectivity index (χ1) is 12.0. The zero-order valence-corrected chi connectivity index (χ0v) is 14.7. The number of allylic oxidation sites excluding steroid dienone is 2. The van der Waals surface area contributed by atoms with Crippen LogP contribution in [0.5, 0.6) is 0 Å². The molecule has 2 aliphatic rings. The molecule has 0 bridgehead atoms. The van der Waals surface area contributed by atoms with E-state index in [9.17, 15) is 19.8 Å². The van der Waals surface area contributed by atoms with Crippen LogP contribution in [0.4, 0.5) is 0 Å². The van der Waals surface area contributed by atoms with E-state index in [0.717, 1.165) is 37.7 Å². The van der Waals surface area contributed by atoms with Gasteiger partial charge in [-0.15, -0.1) is 0 Å². The molecule has 132 valence electrons. The van der Waals surface area contributed by atoms with E-state index in [1.54, 1.807) is 24.3 Å². The maximum absolute atomic E-state index is 12.3. The second-order valence-corrected chi connectivity index (χ2v) is 6.87. The summed E-state index contributed by atoms with van der Waals surface area (Å²) < 4.78 is 0. The van der Waals surface area contributed by atoms with E-state index in [0.29, 0.717) is 16.7 Å². The van der Waals surface area contributed by atoms with Crippen molar-refractivity contribution in [1.29, 1.82) is 0 Å². The Morgan fingerprint density at radius 2 is 1.84 bits per heavy atom. The minimum Gasteiger partial charge on any atom is -0.480 e. The molecule has 0 saturated carbocycles. The van der Waals surface area contributed by atoms with Crippen LogP contribution in [0.1, 0.15) is 57.1 Å². The second-order valence-electron chi connectivity index (χ2n) is 6.87. The SMILES string of the molecule is CCC1=C(C2=Cc3ccccc3C2(C(=O)O)C(=O)O)C(CC)CCC1. The van der Waals surface area contributed by atoms with Crippen LogP contribution in [-0.4, -0.2) is 22.2 Å². The molecule has 0 heterocycles. The molecule has 25 heavy (non-hydrogen) atoms. The molecule has 3 rings (SSSR count). The van der Waals surface area contributed by atoms with Crippen LogP contribution < -0.4 is 0 Å². The number of carboxylic acids is 2. The Hall–Kier alpha value is -2.36. The molecule has 0 aromatic heterocycles. The summed E-state index contributed by atoms with van der Waals surface area (Å²) in [5.41, 5.74) is 1.73. The molecular weight excluding hydrogens is 316 g/mol. The lowest BCUT2D eigenvalue weighted by molar-refractivity contribution is -0.155. The lowest BCUT2D eigenvalue weighted by Gasteiger charge is -2.34. The highest BCUT2D eigenvalue weighted by Crippen LogP contribution is 2.51. The molecule has 0 spiro atoms. The second kappa shape index (κ2) is 6.51. The Balaban J connectivity index is 2.32. The predicted octanol–water partition coefficient (Wildman–Crippen LogP) is 4.41. The fourth-order valence-corrected chi connectivity index (χ4v) is 4.52. The van der Waals surface area contributed by atoms with E-state index in [1.165, 1.54) is 5.57 Å². The molecule has 4 heteroatoms. The van der Waals surface area contributed by atoms with Gasteiger partial charge in [0.1, 0.15) is 0 Å². The summed E-state index contributed by atoms with van der Waals surface area (Å²) in [6, 6.07) is 6.97. The highest BCUT2D eigenvalue weighted by atomic mass is 16.4. The van der Waals surface area contributed by atoms with Crippen LogP contribution in [0, 0.1) is 5.92 Å². The lowest BCUT2D eigenvalue weighted by atomic mass is 9.67. The molecule has 1 atom stereocenters. The minimum atomic E-state index is -2.00. The van der Waals surface area contributed by atoms with Gasteiger partial charge in [0, 0.05) is 0 Å². The number of aliphatic carboxylic acids is 2. The summed E-state index contributed by atoms with van der Waals surface area (Å²) in [6.07, 6.45) is 6.51. The van der Waals surface area contributed by atoms with E-state index in [2.05, 4.69) is 13.8 Å². The quantitative estimate of drug-likeness (QED) is 0.779. The fraction of sp³-hybridized carbons (Fsp3) is 0.429. The number of carbonyl (C=O) groups is 2. The Labute approximate surface area is 147 Å². The summed E-state index contributed by atoms with van der Waals surface area (Å²) in [4.78, 5) is 24.7. The number of carboxylic acid groups (broad SMARTS) is 2. The zero-order chi connectivity index (χ0) is 18.2. The summed E-state index contributed by atoms with van der Waals surface area (Å²) in [5, 5.41) is 20.1. The Morgan fingerprint density at radius 1 is 1.16 bits per heavy atom. The van der Waals surface area contributed by atoms with Crippen LogP contribution in [0.2, 0.25) is 0 Å². The van der Waals surface area contributed by atoms with Crippen LogP contribution >= 0.6 is 0 Å². The summed E-state index contributed by atoms with van der Waals surface area (Å²) in [7, 11) is 0. The molecule has 4 nitrogen and oxygen atoms in total. The van der Waals surface area contributed by atoms with Gasteiger partial charge in [0.15, 0.2) is 0 Å². The van der Waals surface area contributed by atoms with Crippen molar-refractivity contribution in [2.24, 2.45) is 5.92 Å². The van der Waals surface area contributed by atoms with E-state index in [-0.39, 0.29) is 5.92 Å². The van der Waals surface area contributed by atoms with Gasteiger partial charge in [-0.1, -0.05) is 43.7 Å². The number of hydrogen-bond donors (Lipinski definition) is 2. The Bertz CT molecular complexity index is 771. The van der Waals surface area contributed by atoms with Crippen LogP contribution in [0.3, 0.4) is 0 Å². The van der Waals surface area contributed by atoms with Crippen molar-refractivity contribution in [3.05, 3.63) is 52.1 Å². The molecule has 2 aliphatic carbocycles. The van der Waals surface area contributed by atoms with Gasteiger partial charge in [0.05, 0.1) is 0 Å². The van der Waals surface area contributed by atoms with E-state index in [4.69, 9.17) is 0 Å². The maximum atomic E-state index is 12.3. The first kappa shape index (κ1) is 17.5. The van der Waals surface area contributed by atoms with Gasteiger partial charge in [0.25, 0.3) is 0 Å². The van der Waals surface area contributed by atoms with Gasteiger partial charge in [-0.2, -0.15) is 0 Å². The maximum Gasteiger partial charge on any atom is 0.330 e. The number of fused-ring (bicyclic) bond motifs is 1. The summed E-state index contributed by atoms with van der Waals surface area (Å²) >= 11 is 0. The molecule has 1 aromatic rings. The lowest BCUT2D eigenvalue weighted by Crippen LogP contribution is -2.45. The van der Waals surface area contributed by atoms with E-state index in [1.807, 2.05) is 6.07 Å². The molecule has 2 N–H and O–H groups in total. The van der Waals surface area contributed by atoms with Crippen LogP contribution in [0.25, 0.3) is 6.08 Å². The molecule has 0 fully saturated rings. The first-order valence-electron chi connectivity index (χ1n) is 8.99. The van der Waals surface area contributed by atoms with E-state index < -0.39 is 17.4 Å². The summed E-state index contributed by atoms with van der Waals surface area (Å²) in [6.45, 7) is 4.16. The molecule has 0 saturated heterocycles. The highest BCUT2D eigenvalue weighted by Gasteiger charge is 2.57. The van der Waals surface area contributed by atoms with Gasteiger partial charge in [-0.25, -0.2) is 0 Å². The topological polar surface area (TPSA) is 74.6 Å². The normalized spacial score (nSPS) is 21.7. The van der Waals surface area contributed by atoms with Crippen molar-refractivity contribution in [2.75, 3.05) is 0 Å². The first-order valence-corrected chi connectivity index (χ1v) is 8.99. The van der Waals surface area contributed by atoms with Gasteiger partial charge >= 0.3 is 11.9 Å². The van der Waals surface area contributed by atoms with Crippen molar-refractivity contribution in [3.63, 3.8) is 0 Å². The smallest absolute Gasteiger partial charge is 0.330 e. The zero-order valence-electron chi connectivity index (χ0n) is 14.7. The predicted molar refractivity (Wildman–Crippen MR) is 96.3 cm³/mol. The van der Waals surface area contributed by atoms with Crippen LogP contribution in [0.15, 0.2) is 41.0 Å². The standard InChI is InChI=1S/C21H24O4/c1-3-13-9-7-10-14(4-2)18(13)17-12-15-8-5-6-11-16(15)21(17,19(22)23)20(24)25/h5-6,8,11-13H,3-4,7,9-10H2,1-2H3,(H,22,23)(H,24,25). The fourth-order valence-electron chi connectivity index (χ4n) is 4.52. The number of rotatable bonds is 5. The van der Waals surface area contributed by atoms with Crippen LogP contribution in [-0.2, 0) is 15.0 Å². The summed E-state index contributed by atoms with van der Waals surface area (Å²) in [5.74, 6) is -2.39. The Kier molecular flexibility index (Phi) is 4.55. The van der Waals surface area contributed by atoms with Crippen molar-refractivity contribution < 1.29 is 19.8 Å². The molecule has 0 amide bonds. The number of hydrogen-bond acceptors (Lipinski definition) is 2. The minimum absolute atomic E-state index is 0.224. The highest BCUT2D eigenvalue weighted by molar-refractivity contribution is 6.13. The average molecular weight is 340 g/mol. The van der Waals surface area contributed by atoms with E-state index >= 15 is 0 Å². The third-order valence-electron chi connectivity index (χ3n) is 5.74. The van der Waals surface area contributed by atoms with Crippen molar-refractivity contribution in [1.82, 2.24) is 0 Å². The van der Waals surface area contributed by atoms with Gasteiger partial charge in [-0.05, 0) is 66.4 Å².